The van der Waals surface area contributed by atoms with Crippen molar-refractivity contribution in [2.75, 3.05) is 33.1 Å². The number of methoxy groups -OCH3 is 2. The predicted molar refractivity (Wildman–Crippen MR) is 225 cm³/mol. The third-order valence-electron chi connectivity index (χ3n) is 10.3. The number of rotatable bonds is 12. The summed E-state index contributed by atoms with van der Waals surface area (Å²) in [5.74, 6) is 2.81. The number of phenolic OH excluding ortho intramolecular Hbond substituents is 2. The maximum Gasteiger partial charge on any atom is 0.490 e. The van der Waals surface area contributed by atoms with Crippen LogP contribution < -0.4 is 25.3 Å². The summed E-state index contributed by atoms with van der Waals surface area (Å²) in [4.78, 5) is 72.5. The fourth-order valence-electron chi connectivity index (χ4n) is 7.57. The third-order valence-corrected chi connectivity index (χ3v) is 14.8. The molecule has 0 bridgehead atoms. The number of nitrogens with two attached hydrogens (primary N) is 1. The van der Waals surface area contributed by atoms with E-state index in [4.69, 9.17) is 66.9 Å². The molecule has 8 rings (SSSR count). The SMILES string of the molecule is COc1cc2c(c(Cl)c1O)Oc1c(cc(OC)c(O)c1Cl)C21OC(=O)c2ccc(C(=O)NCC#Cc3cn([C@H]4CC[C@@H](COP(=O)(O)OP(=O)(O)OP(=O)(O)O)O4)c4ncnc(N)c34)cc21. The number of aromatic hydroxyl groups is 2. The lowest BCUT2D eigenvalue weighted by molar-refractivity contribution is -0.0202. The molecule has 1 amide bonds. The lowest BCUT2D eigenvalue weighted by Crippen LogP contribution is -2.34. The van der Waals surface area contributed by atoms with Gasteiger partial charge in [-0.3, -0.25) is 9.32 Å². The molecule has 2 unspecified atom stereocenters. The van der Waals surface area contributed by atoms with Crippen molar-refractivity contribution in [2.45, 2.75) is 30.8 Å². The topological polar surface area (TPSA) is 349 Å². The summed E-state index contributed by atoms with van der Waals surface area (Å²) in [6, 6.07) is 6.88. The maximum absolute atomic E-state index is 13.8. The Labute approximate surface area is 380 Å². The van der Waals surface area contributed by atoms with Crippen LogP contribution in [0.1, 0.15) is 62.0 Å². The normalized spacial score (nSPS) is 18.8. The minimum Gasteiger partial charge on any atom is -0.503 e. The van der Waals surface area contributed by atoms with Gasteiger partial charge in [-0.25, -0.2) is 28.5 Å². The Balaban J connectivity index is 1.03. The van der Waals surface area contributed by atoms with Gasteiger partial charge in [-0.1, -0.05) is 35.0 Å². The molecule has 1 spiro atoms. The van der Waals surface area contributed by atoms with Gasteiger partial charge in [-0.15, -0.1) is 0 Å². The van der Waals surface area contributed by atoms with Crippen LogP contribution in [0.3, 0.4) is 0 Å². The number of phenols is 2. The molecule has 4 atom stereocenters. The number of hydrogen-bond donors (Lipinski definition) is 8. The number of nitrogens with one attached hydrogen (secondary N) is 1. The number of anilines is 1. The van der Waals surface area contributed by atoms with E-state index in [1.165, 1.54) is 50.9 Å². The molecule has 66 heavy (non-hydrogen) atoms. The zero-order valence-electron chi connectivity index (χ0n) is 33.5. The number of phosphoric ester groups is 1. The quantitative estimate of drug-likeness (QED) is 0.0456. The number of nitrogen functional groups attached to an aromatic ring is 1. The Bertz CT molecular complexity index is 3030. The maximum atomic E-state index is 13.8. The molecule has 348 valence electrons. The van der Waals surface area contributed by atoms with Gasteiger partial charge in [-0.05, 0) is 43.2 Å². The highest BCUT2D eigenvalue weighted by molar-refractivity contribution is 7.66. The number of benzene rings is 3. The first-order chi connectivity index (χ1) is 31.1. The first kappa shape index (κ1) is 47.0. The van der Waals surface area contributed by atoms with Crippen molar-refractivity contribution in [2.24, 2.45) is 0 Å². The average Bonchev–Trinajstić information content (AvgIpc) is 3.95. The van der Waals surface area contributed by atoms with Crippen molar-refractivity contribution in [3.8, 4) is 46.3 Å². The van der Waals surface area contributed by atoms with Crippen LogP contribution in [0.25, 0.3) is 11.0 Å². The first-order valence-electron chi connectivity index (χ1n) is 18.7. The molecule has 24 nitrogen and oxygen atoms in total. The van der Waals surface area contributed by atoms with E-state index in [9.17, 15) is 43.3 Å². The summed E-state index contributed by atoms with van der Waals surface area (Å²) >= 11 is 13.2. The van der Waals surface area contributed by atoms with Crippen LogP contribution in [0, 0.1) is 11.8 Å². The van der Waals surface area contributed by atoms with Crippen molar-refractivity contribution in [1.29, 1.82) is 0 Å². The number of halogens is 2. The standard InChI is InChI=1S/C37H32Cl2N5O19P3/c1-56-23-11-21-31(27(38)29(23)45)60-32-22(12-24(57-2)30(46)28(32)39)37(21)20-10-16(5-7-19(20)36(48)61-37)35(47)41-9-3-4-17-13-44(34-26(17)33(40)42-15-43-34)25-8-6-18(59-25)14-58-65(52,53)63-66(54,55)62-64(49,50)51/h5,7,10-13,15,18,25,45-46H,6,8-9,14H2,1-2H3,(H,41,47)(H,52,53)(H,54,55)(H2,40,42,43)(H2,49,50,51)/t18-,25+/m0/s1. The number of nitrogens with zero attached hydrogens (tertiary/aromatic N) is 3. The van der Waals surface area contributed by atoms with Crippen LogP contribution >= 0.6 is 46.7 Å². The summed E-state index contributed by atoms with van der Waals surface area (Å²) in [6.07, 6.45) is 1.61. The number of aromatic nitrogens is 3. The average molecular weight is 1010 g/mol. The summed E-state index contributed by atoms with van der Waals surface area (Å²) in [6.45, 7) is -0.884. The number of ether oxygens (including phenoxy) is 5. The second-order valence-electron chi connectivity index (χ2n) is 14.2. The van der Waals surface area contributed by atoms with E-state index >= 15 is 0 Å². The monoisotopic (exact) mass is 1010 g/mol. The van der Waals surface area contributed by atoms with E-state index in [1.807, 2.05) is 0 Å². The van der Waals surface area contributed by atoms with Crippen LogP contribution in [0.4, 0.5) is 5.82 Å². The van der Waals surface area contributed by atoms with E-state index in [2.05, 4.69) is 35.7 Å². The molecule has 5 heterocycles. The summed E-state index contributed by atoms with van der Waals surface area (Å²) in [5, 5.41) is 24.0. The number of esters is 1. The van der Waals surface area contributed by atoms with Crippen LogP contribution in [-0.2, 0) is 41.9 Å². The van der Waals surface area contributed by atoms with E-state index in [0.717, 1.165) is 0 Å². The smallest absolute Gasteiger partial charge is 0.490 e. The molecule has 0 aliphatic carbocycles. The minimum atomic E-state index is -5.72. The molecule has 3 aliphatic heterocycles. The zero-order chi connectivity index (χ0) is 47.7. The molecule has 5 aromatic rings. The van der Waals surface area contributed by atoms with Gasteiger partial charge in [0.05, 0.1) is 61.1 Å². The molecule has 9 N–H and O–H groups in total. The fraction of sp³-hybridized carbons (Fsp3) is 0.243. The number of phosphoric acid groups is 3. The highest BCUT2D eigenvalue weighted by atomic mass is 35.5. The lowest BCUT2D eigenvalue weighted by Gasteiger charge is -2.37. The molecule has 2 aromatic heterocycles. The van der Waals surface area contributed by atoms with Crippen molar-refractivity contribution >= 4 is 75.4 Å². The van der Waals surface area contributed by atoms with Gasteiger partial charge in [0.2, 0.25) is 0 Å². The first-order valence-corrected chi connectivity index (χ1v) is 23.9. The molecule has 1 fully saturated rings. The second kappa shape index (κ2) is 17.3. The van der Waals surface area contributed by atoms with Gasteiger partial charge in [0, 0.05) is 17.3 Å². The van der Waals surface area contributed by atoms with Crippen LogP contribution in [0.2, 0.25) is 10.0 Å². The van der Waals surface area contributed by atoms with Gasteiger partial charge >= 0.3 is 29.4 Å². The van der Waals surface area contributed by atoms with Crippen molar-refractivity contribution in [3.05, 3.63) is 86.3 Å². The number of hydrogen-bond acceptors (Lipinski definition) is 18. The largest absolute Gasteiger partial charge is 0.503 e. The number of fused-ring (bicyclic) bond motifs is 7. The lowest BCUT2D eigenvalue weighted by atomic mass is 9.77. The second-order valence-corrected chi connectivity index (χ2v) is 19.4. The van der Waals surface area contributed by atoms with E-state index in [0.29, 0.717) is 10.9 Å². The molecule has 3 aliphatic rings. The van der Waals surface area contributed by atoms with E-state index < -0.39 is 71.4 Å². The van der Waals surface area contributed by atoms with Gasteiger partial charge in [0.1, 0.15) is 34.1 Å². The van der Waals surface area contributed by atoms with Gasteiger partial charge < -0.3 is 69.1 Å². The molecule has 0 saturated carbocycles. The van der Waals surface area contributed by atoms with E-state index in [-0.39, 0.29) is 91.7 Å². The molecule has 0 radical (unpaired) electrons. The van der Waals surface area contributed by atoms with Crippen molar-refractivity contribution in [3.63, 3.8) is 0 Å². The molecular formula is C37H32Cl2N5O19P3. The van der Waals surface area contributed by atoms with Crippen LogP contribution in [0.5, 0.6) is 34.5 Å². The van der Waals surface area contributed by atoms with E-state index in [1.54, 1.807) is 10.8 Å². The number of carbonyl (C=O) groups is 2. The van der Waals surface area contributed by atoms with Crippen molar-refractivity contribution in [1.82, 2.24) is 19.9 Å². The predicted octanol–water partition coefficient (Wildman–Crippen LogP) is 5.12. The third kappa shape index (κ3) is 8.55. The molecule has 1 saturated heterocycles. The van der Waals surface area contributed by atoms with Gasteiger partial charge in [0.15, 0.2) is 40.1 Å². The number of amides is 1. The van der Waals surface area contributed by atoms with Gasteiger partial charge in [0.25, 0.3) is 5.91 Å². The molecule has 29 heteroatoms. The van der Waals surface area contributed by atoms with Crippen LogP contribution in [0.15, 0.2) is 42.9 Å². The highest BCUT2D eigenvalue weighted by Gasteiger charge is 2.56. The van der Waals surface area contributed by atoms with Gasteiger partial charge in [-0.2, -0.15) is 8.62 Å². The minimum absolute atomic E-state index is 0.0459. The Morgan fingerprint density at radius 3 is 2.23 bits per heavy atom. The van der Waals surface area contributed by atoms with Crippen molar-refractivity contribution < 1.29 is 89.9 Å². The Hall–Kier alpha value is -5.47. The molecular weight excluding hydrogens is 982 g/mol. The summed E-state index contributed by atoms with van der Waals surface area (Å²) in [7, 11) is -14.1. The molecule has 3 aromatic carbocycles. The summed E-state index contributed by atoms with van der Waals surface area (Å²) in [5.41, 5.74) is 5.28. The fourth-order valence-corrected chi connectivity index (χ4v) is 11.1. The summed E-state index contributed by atoms with van der Waals surface area (Å²) < 4.78 is 77.5. The Kier molecular flexibility index (Phi) is 12.3. The Morgan fingerprint density at radius 1 is 0.955 bits per heavy atom. The highest BCUT2D eigenvalue weighted by Crippen LogP contribution is 2.67. The number of carbonyl (C=O) groups excluding carboxylic acids is 2. The Morgan fingerprint density at radius 2 is 1.61 bits per heavy atom. The van der Waals surface area contributed by atoms with Crippen LogP contribution in [-0.4, -0.2) is 89.7 Å². The zero-order valence-corrected chi connectivity index (χ0v) is 37.7.